The summed E-state index contributed by atoms with van der Waals surface area (Å²) in [5, 5.41) is 0. The lowest BCUT2D eigenvalue weighted by Gasteiger charge is -2.07. The Morgan fingerprint density at radius 1 is 2.00 bits per heavy atom. The van der Waals surface area contributed by atoms with Gasteiger partial charge in [-0.3, -0.25) is 0 Å². The van der Waals surface area contributed by atoms with Gasteiger partial charge in [0.05, 0.1) is 10.2 Å². The Bertz CT molecular complexity index is 497. The van der Waals surface area contributed by atoms with E-state index in [9.17, 15) is 0 Å². The molecule has 1 heterocycles. The molecule has 11 heavy (non-hydrogen) atoms. The summed E-state index contributed by atoms with van der Waals surface area (Å²) in [4.78, 5) is 7.20. The molecule has 0 aliphatic heterocycles. The van der Waals surface area contributed by atoms with Crippen LogP contribution in [-0.2, 0) is 0 Å². The van der Waals surface area contributed by atoms with E-state index < -0.39 is 31.7 Å². The van der Waals surface area contributed by atoms with E-state index in [0.717, 1.165) is 12.5 Å². The first-order chi connectivity index (χ1) is 8.77. The van der Waals surface area contributed by atoms with E-state index in [4.69, 9.17) is 12.3 Å². The lowest BCUT2D eigenvalue weighted by Crippen LogP contribution is -1.96. The summed E-state index contributed by atoms with van der Waals surface area (Å²) >= 11 is 2.94. The molecule has 60 valence electrons. The Morgan fingerprint density at radius 3 is 3.55 bits per heavy atom. The van der Waals surface area contributed by atoms with Crippen LogP contribution in [0.1, 0.15) is 44.0 Å². The molecule has 0 aromatic carbocycles. The van der Waals surface area contributed by atoms with Crippen LogP contribution in [0.5, 0.6) is 0 Å². The molecule has 0 aliphatic carbocycles. The quantitative estimate of drug-likeness (QED) is 0.771. The Balaban J connectivity index is 3.69. The first kappa shape index (κ1) is 2.52. The summed E-state index contributed by atoms with van der Waals surface area (Å²) in [6.45, 7) is -6.56. The zero-order chi connectivity index (χ0) is 16.0. The van der Waals surface area contributed by atoms with E-state index >= 15 is 0 Å². The zero-order valence-electron chi connectivity index (χ0n) is 14.4. The van der Waals surface area contributed by atoms with Crippen molar-refractivity contribution in [3.63, 3.8) is 0 Å². The standard InChI is InChI=1S/C8H11BrN2/c1-3-6(2)8-7(9)4-10-5-11-8/h4-6H,3H2,1-2H3/i1D3,2D3,3D2,6D. The van der Waals surface area contributed by atoms with Gasteiger partial charge in [0.15, 0.2) is 0 Å². The maximum atomic E-state index is 8.09. The molecular weight excluding hydrogens is 204 g/mol. The van der Waals surface area contributed by atoms with Crippen LogP contribution in [0.15, 0.2) is 17.0 Å². The summed E-state index contributed by atoms with van der Waals surface area (Å²) in [5.74, 6) is -3.08. The molecular formula is C8H11BrN2. The Hall–Kier alpha value is -0.440. The van der Waals surface area contributed by atoms with E-state index in [1.165, 1.54) is 0 Å². The van der Waals surface area contributed by atoms with Gasteiger partial charge < -0.3 is 0 Å². The van der Waals surface area contributed by atoms with Crippen LogP contribution in [-0.4, -0.2) is 9.97 Å². The van der Waals surface area contributed by atoms with Crippen molar-refractivity contribution in [3.8, 4) is 0 Å². The van der Waals surface area contributed by atoms with Crippen LogP contribution < -0.4 is 0 Å². The molecule has 1 atom stereocenters. The summed E-state index contributed by atoms with van der Waals surface area (Å²) in [5.41, 5.74) is -0.534. The summed E-state index contributed by atoms with van der Waals surface area (Å²) < 4.78 is 67.4. The molecule has 1 unspecified atom stereocenters. The van der Waals surface area contributed by atoms with Crippen LogP contribution in [0, 0.1) is 0 Å². The van der Waals surface area contributed by atoms with Gasteiger partial charge in [-0.15, -0.1) is 0 Å². The third-order valence-corrected chi connectivity index (χ3v) is 1.61. The molecule has 1 aromatic rings. The van der Waals surface area contributed by atoms with E-state index in [1.54, 1.807) is 0 Å². The van der Waals surface area contributed by atoms with E-state index in [0.29, 0.717) is 0 Å². The average Bonchev–Trinajstić information content (AvgIpc) is 2.25. The molecule has 0 fully saturated rings. The summed E-state index contributed by atoms with van der Waals surface area (Å²) in [6.07, 6.45) is -1.28. The highest BCUT2D eigenvalue weighted by molar-refractivity contribution is 9.10. The van der Waals surface area contributed by atoms with Crippen molar-refractivity contribution in [1.82, 2.24) is 9.97 Å². The highest BCUT2D eigenvalue weighted by atomic mass is 79.9. The number of nitrogens with zero attached hydrogens (tertiary/aromatic N) is 2. The highest BCUT2D eigenvalue weighted by Crippen LogP contribution is 2.23. The second-order valence-electron chi connectivity index (χ2n) is 1.72. The zero-order valence-corrected chi connectivity index (χ0v) is 7.01. The number of hydrogen-bond donors (Lipinski definition) is 0. The van der Waals surface area contributed by atoms with Crippen molar-refractivity contribution in [2.75, 3.05) is 0 Å². The predicted octanol–water partition coefficient (Wildman–Crippen LogP) is 2.75. The highest BCUT2D eigenvalue weighted by Gasteiger charge is 2.07. The fraction of sp³-hybridized carbons (Fsp3) is 0.500. The Morgan fingerprint density at radius 2 is 2.91 bits per heavy atom. The van der Waals surface area contributed by atoms with Crippen molar-refractivity contribution >= 4 is 15.9 Å². The lowest BCUT2D eigenvalue weighted by atomic mass is 10.1. The van der Waals surface area contributed by atoms with E-state index in [-0.39, 0.29) is 4.47 Å². The lowest BCUT2D eigenvalue weighted by molar-refractivity contribution is 0.699. The molecule has 1 rings (SSSR count). The molecule has 3 heteroatoms. The van der Waals surface area contributed by atoms with Gasteiger partial charge in [0.1, 0.15) is 6.33 Å². The third-order valence-electron chi connectivity index (χ3n) is 1.03. The van der Waals surface area contributed by atoms with Gasteiger partial charge in [0.2, 0.25) is 0 Å². The molecule has 2 nitrogen and oxygen atoms in total. The number of halogens is 1. The van der Waals surface area contributed by atoms with Crippen LogP contribution in [0.3, 0.4) is 0 Å². The van der Waals surface area contributed by atoms with E-state index in [2.05, 4.69) is 25.9 Å². The fourth-order valence-electron chi connectivity index (χ4n) is 0.556. The molecule has 0 radical (unpaired) electrons. The smallest absolute Gasteiger partial charge is 0.115 e. The van der Waals surface area contributed by atoms with Crippen LogP contribution in [0.4, 0.5) is 0 Å². The van der Waals surface area contributed by atoms with E-state index in [1.807, 2.05) is 0 Å². The van der Waals surface area contributed by atoms with Gasteiger partial charge in [-0.25, -0.2) is 9.97 Å². The summed E-state index contributed by atoms with van der Waals surface area (Å²) in [7, 11) is 0. The minimum atomic E-state index is -3.35. The van der Waals surface area contributed by atoms with Gasteiger partial charge in [-0.1, -0.05) is 13.7 Å². The van der Waals surface area contributed by atoms with Gasteiger partial charge in [0, 0.05) is 18.5 Å². The van der Waals surface area contributed by atoms with Gasteiger partial charge >= 0.3 is 0 Å². The number of aromatic nitrogens is 2. The minimum absolute atomic E-state index is 0.0424. The van der Waals surface area contributed by atoms with Gasteiger partial charge in [0.25, 0.3) is 0 Å². The molecule has 0 saturated heterocycles. The second-order valence-corrected chi connectivity index (χ2v) is 2.57. The van der Waals surface area contributed by atoms with Crippen molar-refractivity contribution in [3.05, 3.63) is 22.7 Å². The van der Waals surface area contributed by atoms with Crippen LogP contribution in [0.2, 0.25) is 0 Å². The van der Waals surface area contributed by atoms with Gasteiger partial charge in [-0.2, -0.15) is 0 Å². The monoisotopic (exact) mass is 223 g/mol. The number of hydrogen-bond acceptors (Lipinski definition) is 2. The Kier molecular flexibility index (Phi) is 0.874. The number of rotatable bonds is 2. The average molecular weight is 224 g/mol. The second kappa shape index (κ2) is 3.81. The molecule has 0 spiro atoms. The van der Waals surface area contributed by atoms with Crippen molar-refractivity contribution in [2.45, 2.75) is 26.0 Å². The molecule has 0 bridgehead atoms. The SMILES string of the molecule is [2H]C([2H])([2H])C([2H])([2H])C([2H])(c1ncncc1Br)C([2H])([2H])[2H]. The normalized spacial score (nSPS) is 31.5. The van der Waals surface area contributed by atoms with Gasteiger partial charge in [-0.05, 0) is 28.2 Å². The van der Waals surface area contributed by atoms with Crippen LogP contribution >= 0.6 is 15.9 Å². The molecule has 0 amide bonds. The first-order valence-electron chi connectivity index (χ1n) is 7.23. The molecule has 0 aliphatic rings. The maximum absolute atomic E-state index is 8.09. The minimum Gasteiger partial charge on any atom is -0.244 e. The fourth-order valence-corrected chi connectivity index (χ4v) is 0.975. The third kappa shape index (κ3) is 1.99. The van der Waals surface area contributed by atoms with Crippen molar-refractivity contribution < 1.29 is 12.3 Å². The Labute approximate surface area is 87.8 Å². The summed E-state index contributed by atoms with van der Waals surface area (Å²) in [6, 6.07) is 0. The predicted molar refractivity (Wildman–Crippen MR) is 48.4 cm³/mol. The molecule has 1 aromatic heterocycles. The molecule has 0 N–H and O–H groups in total. The van der Waals surface area contributed by atoms with Crippen molar-refractivity contribution in [1.29, 1.82) is 0 Å². The van der Waals surface area contributed by atoms with Crippen LogP contribution in [0.25, 0.3) is 0 Å². The topological polar surface area (TPSA) is 25.8 Å². The molecule has 0 saturated carbocycles. The van der Waals surface area contributed by atoms with Crippen molar-refractivity contribution in [2.24, 2.45) is 0 Å². The first-order valence-corrected chi connectivity index (χ1v) is 3.52. The maximum Gasteiger partial charge on any atom is 0.115 e. The largest absolute Gasteiger partial charge is 0.244 e.